The van der Waals surface area contributed by atoms with Gasteiger partial charge in [-0.2, -0.15) is 0 Å². The number of aliphatic hydroxyl groups is 1. The fourth-order valence-electron chi connectivity index (χ4n) is 2.36. The zero-order valence-corrected chi connectivity index (χ0v) is 20.8. The van der Waals surface area contributed by atoms with Gasteiger partial charge in [-0.05, 0) is 48.5 Å². The lowest BCUT2D eigenvalue weighted by atomic mass is 10.2. The molecule has 0 saturated heterocycles. The van der Waals surface area contributed by atoms with Gasteiger partial charge in [0.2, 0.25) is 5.89 Å². The molecule has 1 aromatic heterocycles. The molecule has 174 valence electrons. The number of aliphatic hydroxyl groups excluding tert-OH is 1. The van der Waals surface area contributed by atoms with E-state index in [9.17, 15) is 14.4 Å². The maximum atomic E-state index is 11.7. The first-order valence-electron chi connectivity index (χ1n) is 9.34. The van der Waals surface area contributed by atoms with Crippen LogP contribution in [0.3, 0.4) is 0 Å². The minimum Gasteiger partial charge on any atom is -0.467 e. The molecule has 9 nitrogen and oxygen atoms in total. The molecule has 0 saturated carbocycles. The third-order valence-corrected chi connectivity index (χ3v) is 5.13. The van der Waals surface area contributed by atoms with Gasteiger partial charge in [0, 0.05) is 20.1 Å². The maximum absolute atomic E-state index is 11.7. The summed E-state index contributed by atoms with van der Waals surface area (Å²) in [5.74, 6) is -1.24. The molecular formula is C22H20Br2N2O7. The van der Waals surface area contributed by atoms with Crippen LogP contribution in [0.2, 0.25) is 0 Å². The number of oxazole rings is 1. The molecule has 0 aliphatic carbocycles. The molecule has 33 heavy (non-hydrogen) atoms. The van der Waals surface area contributed by atoms with E-state index in [0.717, 1.165) is 14.5 Å². The van der Waals surface area contributed by atoms with Crippen molar-refractivity contribution >= 4 is 49.7 Å². The molecule has 2 N–H and O–H groups in total. The first-order valence-corrected chi connectivity index (χ1v) is 10.9. The van der Waals surface area contributed by atoms with Crippen LogP contribution < -0.4 is 5.32 Å². The summed E-state index contributed by atoms with van der Waals surface area (Å²) in [5, 5.41) is 11.3. The monoisotopic (exact) mass is 582 g/mol. The van der Waals surface area contributed by atoms with E-state index in [0.29, 0.717) is 11.5 Å². The van der Waals surface area contributed by atoms with Crippen molar-refractivity contribution in [3.63, 3.8) is 0 Å². The second-order valence-electron chi connectivity index (χ2n) is 6.28. The van der Waals surface area contributed by atoms with Crippen LogP contribution in [-0.4, -0.2) is 54.8 Å². The zero-order valence-electron chi connectivity index (χ0n) is 17.6. The molecule has 3 rings (SSSR count). The lowest BCUT2D eigenvalue weighted by Gasteiger charge is -2.13. The molecule has 0 radical (unpaired) electrons. The van der Waals surface area contributed by atoms with Gasteiger partial charge in [0.15, 0.2) is 11.7 Å². The van der Waals surface area contributed by atoms with Crippen molar-refractivity contribution in [1.82, 2.24) is 10.3 Å². The van der Waals surface area contributed by atoms with Crippen LogP contribution in [0.4, 0.5) is 0 Å². The van der Waals surface area contributed by atoms with Crippen molar-refractivity contribution in [3.05, 3.63) is 75.0 Å². The molecular weight excluding hydrogens is 564 g/mol. The van der Waals surface area contributed by atoms with Gasteiger partial charge >= 0.3 is 11.9 Å². The Hall–Kier alpha value is -3.02. The van der Waals surface area contributed by atoms with Crippen LogP contribution in [0, 0.1) is 0 Å². The van der Waals surface area contributed by atoms with Crippen LogP contribution in [0.25, 0.3) is 11.5 Å². The number of hydrogen-bond donors (Lipinski definition) is 2. The Balaban J connectivity index is 0.000000234. The number of ether oxygens (including phenoxy) is 2. The fraction of sp³-hybridized carbons (Fsp3) is 0.182. The van der Waals surface area contributed by atoms with E-state index < -0.39 is 30.5 Å². The molecule has 11 heteroatoms. The fourth-order valence-corrected chi connectivity index (χ4v) is 2.89. The molecule has 0 bridgehead atoms. The Morgan fingerprint density at radius 3 is 2.09 bits per heavy atom. The number of hydrogen-bond acceptors (Lipinski definition) is 8. The average molecular weight is 584 g/mol. The number of esters is 2. The second kappa shape index (κ2) is 12.9. The summed E-state index contributed by atoms with van der Waals surface area (Å²) in [6, 6.07) is 13.0. The summed E-state index contributed by atoms with van der Waals surface area (Å²) < 4.78 is 16.0. The highest BCUT2D eigenvalue weighted by atomic mass is 79.9. The van der Waals surface area contributed by atoms with E-state index in [2.05, 4.69) is 51.6 Å². The minimum atomic E-state index is -1.05. The molecule has 3 aromatic rings. The van der Waals surface area contributed by atoms with Gasteiger partial charge in [-0.15, -0.1) is 0 Å². The van der Waals surface area contributed by atoms with Crippen molar-refractivity contribution in [2.24, 2.45) is 0 Å². The maximum Gasteiger partial charge on any atom is 0.360 e. The Labute approximate surface area is 206 Å². The number of aromatic nitrogens is 1. The van der Waals surface area contributed by atoms with E-state index in [1.165, 1.54) is 20.5 Å². The molecule has 0 aliphatic heterocycles. The Morgan fingerprint density at radius 1 is 1.00 bits per heavy atom. The number of carbonyl (C=O) groups excluding carboxylic acids is 3. The van der Waals surface area contributed by atoms with Crippen molar-refractivity contribution in [2.75, 3.05) is 20.8 Å². The first kappa shape index (κ1) is 26.2. The van der Waals surface area contributed by atoms with Crippen molar-refractivity contribution in [3.8, 4) is 11.5 Å². The molecule has 2 aromatic carbocycles. The number of methoxy groups -OCH3 is 2. The minimum absolute atomic E-state index is 0.167. The molecule has 0 spiro atoms. The lowest BCUT2D eigenvalue weighted by Crippen LogP contribution is -2.44. The van der Waals surface area contributed by atoms with E-state index in [-0.39, 0.29) is 5.69 Å². The molecule has 1 amide bonds. The number of nitrogens with one attached hydrogen (secondary N) is 1. The quantitative estimate of drug-likeness (QED) is 0.421. The van der Waals surface area contributed by atoms with Gasteiger partial charge in [-0.3, -0.25) is 4.79 Å². The Bertz CT molecular complexity index is 1080. The highest BCUT2D eigenvalue weighted by molar-refractivity contribution is 9.10. The van der Waals surface area contributed by atoms with Crippen LogP contribution in [0.15, 0.2) is 68.2 Å². The van der Waals surface area contributed by atoms with Crippen LogP contribution in [0.1, 0.15) is 20.8 Å². The normalized spacial score (nSPS) is 10.9. The number of halogens is 2. The average Bonchev–Trinajstić information content (AvgIpc) is 3.33. The van der Waals surface area contributed by atoms with Crippen molar-refractivity contribution in [2.45, 2.75) is 6.04 Å². The zero-order chi connectivity index (χ0) is 24.4. The number of benzene rings is 2. The Kier molecular flexibility index (Phi) is 10.2. The number of amides is 1. The Morgan fingerprint density at radius 2 is 1.58 bits per heavy atom. The predicted molar refractivity (Wildman–Crippen MR) is 125 cm³/mol. The van der Waals surface area contributed by atoms with Crippen LogP contribution in [-0.2, 0) is 14.3 Å². The topological polar surface area (TPSA) is 128 Å². The summed E-state index contributed by atoms with van der Waals surface area (Å²) >= 11 is 6.58. The number of carbonyl (C=O) groups is 3. The van der Waals surface area contributed by atoms with Crippen LogP contribution >= 0.6 is 31.9 Å². The lowest BCUT2D eigenvalue weighted by molar-refractivity contribution is -0.143. The molecule has 0 unspecified atom stereocenters. The van der Waals surface area contributed by atoms with E-state index in [1.54, 1.807) is 24.3 Å². The first-order chi connectivity index (χ1) is 15.8. The SMILES string of the molecule is COC(=O)[C@H](CO)NC(=O)c1ccc(Br)cc1.COC(=O)c1coc(-c2ccc(Br)cc2)n1. The predicted octanol–water partition coefficient (Wildman–Crippen LogP) is 3.60. The molecule has 1 heterocycles. The smallest absolute Gasteiger partial charge is 0.360 e. The van der Waals surface area contributed by atoms with Crippen LogP contribution in [0.5, 0.6) is 0 Å². The third-order valence-electron chi connectivity index (χ3n) is 4.07. The van der Waals surface area contributed by atoms with E-state index >= 15 is 0 Å². The number of rotatable bonds is 6. The van der Waals surface area contributed by atoms with Gasteiger partial charge in [0.1, 0.15) is 6.26 Å². The van der Waals surface area contributed by atoms with Crippen molar-refractivity contribution in [1.29, 1.82) is 0 Å². The summed E-state index contributed by atoms with van der Waals surface area (Å²) in [6.07, 6.45) is 1.28. The second-order valence-corrected chi connectivity index (χ2v) is 8.11. The van der Waals surface area contributed by atoms with Crippen molar-refractivity contribution < 1.29 is 33.4 Å². The molecule has 1 atom stereocenters. The molecule has 0 aliphatic rings. The van der Waals surface area contributed by atoms with E-state index in [4.69, 9.17) is 9.52 Å². The van der Waals surface area contributed by atoms with Gasteiger partial charge in [0.25, 0.3) is 5.91 Å². The number of nitrogens with zero attached hydrogens (tertiary/aromatic N) is 1. The van der Waals surface area contributed by atoms with Gasteiger partial charge in [-0.25, -0.2) is 14.6 Å². The van der Waals surface area contributed by atoms with Gasteiger partial charge < -0.3 is 24.3 Å². The summed E-state index contributed by atoms with van der Waals surface area (Å²) in [6.45, 7) is -0.505. The summed E-state index contributed by atoms with van der Waals surface area (Å²) in [7, 11) is 2.49. The van der Waals surface area contributed by atoms with Gasteiger partial charge in [0.05, 0.1) is 20.8 Å². The third kappa shape index (κ3) is 7.81. The molecule has 0 fully saturated rings. The summed E-state index contributed by atoms with van der Waals surface area (Å²) in [5.41, 5.74) is 1.37. The summed E-state index contributed by atoms with van der Waals surface area (Å²) in [4.78, 5) is 38.0. The highest BCUT2D eigenvalue weighted by Crippen LogP contribution is 2.21. The standard InChI is InChI=1S/C11H12BrNO4.C11H8BrNO3/c1-17-11(16)9(6-14)13-10(15)7-2-4-8(12)5-3-7;1-15-11(14)9-6-16-10(13-9)7-2-4-8(12)5-3-7/h2-5,9,14H,6H2,1H3,(H,13,15);2-6H,1H3/t9-;/m0./s1. The highest BCUT2D eigenvalue weighted by Gasteiger charge is 2.21. The van der Waals surface area contributed by atoms with E-state index in [1.807, 2.05) is 24.3 Å². The van der Waals surface area contributed by atoms with Gasteiger partial charge in [-0.1, -0.05) is 31.9 Å². The largest absolute Gasteiger partial charge is 0.467 e.